The highest BCUT2D eigenvalue weighted by molar-refractivity contribution is 6.31. The van der Waals surface area contributed by atoms with Crippen LogP contribution in [0, 0.1) is 6.92 Å². The molecule has 104 valence electrons. The maximum atomic E-state index is 9.09. The molecule has 0 fully saturated rings. The van der Waals surface area contributed by atoms with Crippen LogP contribution >= 0.6 is 24.0 Å². The van der Waals surface area contributed by atoms with Crippen LogP contribution in [0.25, 0.3) is 0 Å². The monoisotopic (exact) mass is 293 g/mol. The maximum Gasteiger partial charge on any atom is 0.147 e. The summed E-state index contributed by atoms with van der Waals surface area (Å²) in [7, 11) is 0. The second-order valence-electron chi connectivity index (χ2n) is 4.13. The summed E-state index contributed by atoms with van der Waals surface area (Å²) >= 11 is 5.94. The van der Waals surface area contributed by atoms with Crippen molar-refractivity contribution in [1.29, 1.82) is 0 Å². The van der Waals surface area contributed by atoms with Crippen LogP contribution in [0.2, 0.25) is 5.02 Å². The lowest BCUT2D eigenvalue weighted by molar-refractivity contribution is 0.137. The number of aliphatic hydroxyl groups excluding tert-OH is 1. The second kappa shape index (κ2) is 8.59. The summed E-state index contributed by atoms with van der Waals surface area (Å²) < 4.78 is 5.70. The lowest BCUT2D eigenvalue weighted by atomic mass is 10.2. The molecule has 1 aromatic carbocycles. The first kappa shape index (κ1) is 17.5. The zero-order valence-electron chi connectivity index (χ0n) is 10.9. The van der Waals surface area contributed by atoms with Gasteiger partial charge in [-0.2, -0.15) is 0 Å². The molecule has 2 unspecified atom stereocenters. The van der Waals surface area contributed by atoms with Gasteiger partial charge in [-0.1, -0.05) is 18.5 Å². The smallest absolute Gasteiger partial charge is 0.147 e. The fourth-order valence-corrected chi connectivity index (χ4v) is 1.68. The Morgan fingerprint density at radius 1 is 1.44 bits per heavy atom. The highest BCUT2D eigenvalue weighted by Gasteiger charge is 2.10. The zero-order chi connectivity index (χ0) is 12.8. The highest BCUT2D eigenvalue weighted by Crippen LogP contribution is 2.21. The van der Waals surface area contributed by atoms with Gasteiger partial charge in [0.25, 0.3) is 0 Å². The summed E-state index contributed by atoms with van der Waals surface area (Å²) in [5.74, 6) is 0.777. The van der Waals surface area contributed by atoms with Gasteiger partial charge in [-0.25, -0.2) is 0 Å². The van der Waals surface area contributed by atoms with Crippen LogP contribution in [0.1, 0.15) is 25.8 Å². The standard InChI is InChI=1S/C13H20ClNO2.ClH/c1-4-11(8-16)15-10(3)17-12-5-6-13(14)9(2)7-12;/h5-7,10-11,15-16H,4,8H2,1-3H3;1H. The van der Waals surface area contributed by atoms with E-state index in [9.17, 15) is 0 Å². The fourth-order valence-electron chi connectivity index (χ4n) is 1.56. The van der Waals surface area contributed by atoms with E-state index in [0.29, 0.717) is 0 Å². The molecular weight excluding hydrogens is 273 g/mol. The molecule has 2 N–H and O–H groups in total. The Morgan fingerprint density at radius 2 is 2.11 bits per heavy atom. The van der Waals surface area contributed by atoms with E-state index in [1.807, 2.05) is 39.0 Å². The second-order valence-corrected chi connectivity index (χ2v) is 4.53. The number of ether oxygens (including phenoxy) is 1. The van der Waals surface area contributed by atoms with Gasteiger partial charge in [0.15, 0.2) is 0 Å². The van der Waals surface area contributed by atoms with Gasteiger partial charge in [0.1, 0.15) is 12.0 Å². The summed E-state index contributed by atoms with van der Waals surface area (Å²) in [6.07, 6.45) is 0.719. The summed E-state index contributed by atoms with van der Waals surface area (Å²) in [4.78, 5) is 0. The van der Waals surface area contributed by atoms with E-state index in [1.54, 1.807) is 0 Å². The molecule has 0 aliphatic heterocycles. The number of rotatable bonds is 6. The Kier molecular flexibility index (Phi) is 8.36. The van der Waals surface area contributed by atoms with E-state index in [-0.39, 0.29) is 31.3 Å². The molecule has 1 aromatic rings. The minimum Gasteiger partial charge on any atom is -0.476 e. The van der Waals surface area contributed by atoms with Crippen molar-refractivity contribution in [2.45, 2.75) is 39.5 Å². The van der Waals surface area contributed by atoms with Gasteiger partial charge in [0, 0.05) is 11.1 Å². The lowest BCUT2D eigenvalue weighted by Crippen LogP contribution is -2.41. The minimum absolute atomic E-state index is 0. The van der Waals surface area contributed by atoms with Crippen molar-refractivity contribution in [3.8, 4) is 5.75 Å². The van der Waals surface area contributed by atoms with E-state index in [0.717, 1.165) is 22.8 Å². The average molecular weight is 294 g/mol. The SMILES string of the molecule is CCC(CO)NC(C)Oc1ccc(Cl)c(C)c1.Cl. The van der Waals surface area contributed by atoms with Gasteiger partial charge in [-0.3, -0.25) is 5.32 Å². The van der Waals surface area contributed by atoms with Crippen LogP contribution in [-0.2, 0) is 0 Å². The molecule has 0 saturated heterocycles. The molecule has 0 heterocycles. The van der Waals surface area contributed by atoms with Gasteiger partial charge in [0.2, 0.25) is 0 Å². The number of aliphatic hydroxyl groups is 1. The molecule has 0 saturated carbocycles. The van der Waals surface area contributed by atoms with Gasteiger partial charge in [-0.05, 0) is 44.0 Å². The molecular formula is C13H21Cl2NO2. The lowest BCUT2D eigenvalue weighted by Gasteiger charge is -2.21. The Balaban J connectivity index is 0.00000289. The molecule has 5 heteroatoms. The number of aryl methyl sites for hydroxylation is 1. The zero-order valence-corrected chi connectivity index (χ0v) is 12.5. The Hall–Kier alpha value is -0.480. The number of hydrogen-bond donors (Lipinski definition) is 2. The Bertz CT molecular complexity index is 357. The van der Waals surface area contributed by atoms with Crippen LogP contribution in [-0.4, -0.2) is 24.0 Å². The van der Waals surface area contributed by atoms with Crippen molar-refractivity contribution in [2.75, 3.05) is 6.61 Å². The summed E-state index contributed by atoms with van der Waals surface area (Å²) in [6.45, 7) is 6.00. The molecule has 2 atom stereocenters. The first-order chi connectivity index (χ1) is 8.06. The predicted octanol–water partition coefficient (Wildman–Crippen LogP) is 3.16. The molecule has 0 bridgehead atoms. The molecule has 18 heavy (non-hydrogen) atoms. The van der Waals surface area contributed by atoms with Crippen molar-refractivity contribution in [3.05, 3.63) is 28.8 Å². The first-order valence-electron chi connectivity index (χ1n) is 5.86. The Labute approximate surface area is 120 Å². The fraction of sp³-hybridized carbons (Fsp3) is 0.538. The van der Waals surface area contributed by atoms with Crippen LogP contribution in [0.3, 0.4) is 0 Å². The molecule has 0 aliphatic carbocycles. The van der Waals surface area contributed by atoms with E-state index in [4.69, 9.17) is 21.4 Å². The summed E-state index contributed by atoms with van der Waals surface area (Å²) in [5.41, 5.74) is 0.991. The van der Waals surface area contributed by atoms with Gasteiger partial charge < -0.3 is 9.84 Å². The molecule has 0 aromatic heterocycles. The van der Waals surface area contributed by atoms with Crippen molar-refractivity contribution in [1.82, 2.24) is 5.32 Å². The van der Waals surface area contributed by atoms with Crippen molar-refractivity contribution < 1.29 is 9.84 Å². The van der Waals surface area contributed by atoms with Crippen LogP contribution in [0.4, 0.5) is 0 Å². The number of nitrogens with one attached hydrogen (secondary N) is 1. The van der Waals surface area contributed by atoms with E-state index in [2.05, 4.69) is 5.32 Å². The predicted molar refractivity (Wildman–Crippen MR) is 77.8 cm³/mol. The third kappa shape index (κ3) is 5.44. The van der Waals surface area contributed by atoms with Gasteiger partial charge in [0.05, 0.1) is 6.61 Å². The van der Waals surface area contributed by atoms with Crippen LogP contribution < -0.4 is 10.1 Å². The van der Waals surface area contributed by atoms with Crippen LogP contribution in [0.5, 0.6) is 5.75 Å². The number of halogens is 2. The molecule has 1 rings (SSSR count). The third-order valence-electron chi connectivity index (χ3n) is 2.63. The van der Waals surface area contributed by atoms with E-state index in [1.165, 1.54) is 0 Å². The normalized spacial score (nSPS) is 13.6. The van der Waals surface area contributed by atoms with E-state index < -0.39 is 0 Å². The molecule has 0 spiro atoms. The van der Waals surface area contributed by atoms with Crippen LogP contribution in [0.15, 0.2) is 18.2 Å². The molecule has 0 radical (unpaired) electrons. The van der Waals surface area contributed by atoms with Crippen molar-refractivity contribution in [3.63, 3.8) is 0 Å². The van der Waals surface area contributed by atoms with Crippen molar-refractivity contribution in [2.24, 2.45) is 0 Å². The average Bonchev–Trinajstić information content (AvgIpc) is 2.31. The first-order valence-corrected chi connectivity index (χ1v) is 6.24. The minimum atomic E-state index is -0.146. The Morgan fingerprint density at radius 3 is 2.61 bits per heavy atom. The van der Waals surface area contributed by atoms with Crippen molar-refractivity contribution >= 4 is 24.0 Å². The molecule has 0 aliphatic rings. The highest BCUT2D eigenvalue weighted by atomic mass is 35.5. The molecule has 0 amide bonds. The molecule has 3 nitrogen and oxygen atoms in total. The quantitative estimate of drug-likeness (QED) is 0.792. The maximum absolute atomic E-state index is 9.09. The van der Waals surface area contributed by atoms with Gasteiger partial charge >= 0.3 is 0 Å². The summed E-state index contributed by atoms with van der Waals surface area (Å²) in [6, 6.07) is 5.63. The topological polar surface area (TPSA) is 41.5 Å². The van der Waals surface area contributed by atoms with E-state index >= 15 is 0 Å². The third-order valence-corrected chi connectivity index (χ3v) is 3.05. The number of benzene rings is 1. The summed E-state index contributed by atoms with van der Waals surface area (Å²) in [5, 5.41) is 13.0. The van der Waals surface area contributed by atoms with Gasteiger partial charge in [-0.15, -0.1) is 12.4 Å². The number of hydrogen-bond acceptors (Lipinski definition) is 3. The largest absolute Gasteiger partial charge is 0.476 e.